The van der Waals surface area contributed by atoms with Crippen molar-refractivity contribution in [2.75, 3.05) is 11.4 Å². The number of fused-ring (bicyclic) bond motifs is 1. The molecule has 0 N–H and O–H groups in total. The number of unbranched alkanes of at least 4 members (excludes halogenated alkanes) is 2. The zero-order valence-electron chi connectivity index (χ0n) is 18.7. The average Bonchev–Trinajstić information content (AvgIpc) is 2.61. The highest BCUT2D eigenvalue weighted by atomic mass is 32.2. The highest BCUT2D eigenvalue weighted by Gasteiger charge is 2.28. The second kappa shape index (κ2) is 9.94. The van der Waals surface area contributed by atoms with Gasteiger partial charge in [-0.2, -0.15) is 0 Å². The Labute approximate surface area is 178 Å². The molecule has 1 atom stereocenters. The molecule has 162 valence electrons. The number of hydrogen-bond donors (Lipinski definition) is 0. The van der Waals surface area contributed by atoms with Crippen LogP contribution in [0, 0.1) is 0 Å². The maximum absolute atomic E-state index is 12.6. The number of amides is 1. The molecule has 0 spiro atoms. The average molecular weight is 422 g/mol. The minimum absolute atomic E-state index is 0.316. The molecule has 2 heterocycles. The molecule has 0 saturated heterocycles. The van der Waals surface area contributed by atoms with E-state index in [1.54, 1.807) is 11.1 Å². The van der Waals surface area contributed by atoms with Crippen LogP contribution in [-0.4, -0.2) is 38.7 Å². The van der Waals surface area contributed by atoms with Gasteiger partial charge in [0.05, 0.1) is 6.21 Å². The molecule has 2 rings (SSSR count). The third-order valence-corrected chi connectivity index (χ3v) is 5.81. The number of ether oxygens (including phenoxy) is 1. The van der Waals surface area contributed by atoms with Gasteiger partial charge in [0.2, 0.25) is 0 Å². The second-order valence-corrected chi connectivity index (χ2v) is 11.4. The summed E-state index contributed by atoms with van der Waals surface area (Å²) in [5.41, 5.74) is 1.56. The van der Waals surface area contributed by atoms with Crippen molar-refractivity contribution in [1.29, 1.82) is 0 Å². The van der Waals surface area contributed by atoms with Gasteiger partial charge in [0, 0.05) is 12.2 Å². The summed E-state index contributed by atoms with van der Waals surface area (Å²) < 4.78 is 21.3. The van der Waals surface area contributed by atoms with Gasteiger partial charge < -0.3 is 9.29 Å². The molecule has 0 saturated carbocycles. The molecule has 1 unspecified atom stereocenters. The zero-order valence-corrected chi connectivity index (χ0v) is 19.5. The van der Waals surface area contributed by atoms with Gasteiger partial charge >= 0.3 is 6.09 Å². The summed E-state index contributed by atoms with van der Waals surface area (Å²) in [7, 11) is 0. The SMILES string of the molecule is CC(C)(C)OC(=O)N1CCCc2ccc(CCCCC=N[S+]([O-])C(C)(C)C)nc21. The zero-order chi connectivity index (χ0) is 21.7. The number of carbonyl (C=O) groups excluding carboxylic acids is 1. The topological polar surface area (TPSA) is 77.8 Å². The van der Waals surface area contributed by atoms with Gasteiger partial charge in [0.1, 0.15) is 27.5 Å². The second-order valence-electron chi connectivity index (χ2n) is 9.42. The Kier molecular flexibility index (Phi) is 8.11. The largest absolute Gasteiger partial charge is 0.591 e. The molecule has 1 aromatic heterocycles. The molecule has 1 aliphatic heterocycles. The lowest BCUT2D eigenvalue weighted by molar-refractivity contribution is 0.0576. The fraction of sp³-hybridized carbons (Fsp3) is 0.682. The predicted octanol–water partition coefficient (Wildman–Crippen LogP) is 5.02. The number of aryl methyl sites for hydroxylation is 2. The Morgan fingerprint density at radius 1 is 1.28 bits per heavy atom. The molecule has 1 aromatic rings. The van der Waals surface area contributed by atoms with E-state index in [1.165, 1.54) is 0 Å². The van der Waals surface area contributed by atoms with Crippen LogP contribution in [0.5, 0.6) is 0 Å². The number of anilines is 1. The third-order valence-electron chi connectivity index (χ3n) is 4.42. The summed E-state index contributed by atoms with van der Waals surface area (Å²) in [6, 6.07) is 4.14. The van der Waals surface area contributed by atoms with Gasteiger partial charge in [-0.05, 0) is 91.7 Å². The number of pyridine rings is 1. The van der Waals surface area contributed by atoms with Crippen molar-refractivity contribution in [3.05, 3.63) is 23.4 Å². The van der Waals surface area contributed by atoms with E-state index in [-0.39, 0.29) is 10.8 Å². The molecule has 0 fully saturated rings. The number of rotatable bonds is 6. The van der Waals surface area contributed by atoms with E-state index in [4.69, 9.17) is 9.72 Å². The van der Waals surface area contributed by atoms with Gasteiger partial charge in [-0.15, -0.1) is 0 Å². The molecule has 0 aromatic carbocycles. The third kappa shape index (κ3) is 7.63. The van der Waals surface area contributed by atoms with E-state index < -0.39 is 17.0 Å². The molecule has 29 heavy (non-hydrogen) atoms. The fourth-order valence-electron chi connectivity index (χ4n) is 2.93. The van der Waals surface area contributed by atoms with Crippen molar-refractivity contribution in [3.63, 3.8) is 0 Å². The van der Waals surface area contributed by atoms with Gasteiger partial charge in [-0.25, -0.2) is 9.78 Å². The van der Waals surface area contributed by atoms with Crippen molar-refractivity contribution >= 4 is 29.5 Å². The van der Waals surface area contributed by atoms with E-state index in [0.717, 1.165) is 55.6 Å². The normalized spacial score (nSPS) is 16.0. The lowest BCUT2D eigenvalue weighted by Crippen LogP contribution is -2.40. The van der Waals surface area contributed by atoms with Gasteiger partial charge in [-0.1, -0.05) is 10.5 Å². The quantitative estimate of drug-likeness (QED) is 0.367. The first kappa shape index (κ1) is 23.7. The van der Waals surface area contributed by atoms with E-state index >= 15 is 0 Å². The molecular weight excluding hydrogens is 386 g/mol. The summed E-state index contributed by atoms with van der Waals surface area (Å²) in [5.74, 6) is 0.741. The monoisotopic (exact) mass is 421 g/mol. The van der Waals surface area contributed by atoms with Crippen molar-refractivity contribution in [3.8, 4) is 0 Å². The molecular formula is C22H35N3O3S. The summed E-state index contributed by atoms with van der Waals surface area (Å²) >= 11 is -1.19. The molecule has 7 heteroatoms. The van der Waals surface area contributed by atoms with Gasteiger partial charge in [0.15, 0.2) is 0 Å². The molecule has 1 amide bonds. The van der Waals surface area contributed by atoms with Crippen LogP contribution >= 0.6 is 0 Å². The lowest BCUT2D eigenvalue weighted by atomic mass is 10.0. The Morgan fingerprint density at radius 2 is 2.00 bits per heavy atom. The van der Waals surface area contributed by atoms with Crippen LogP contribution in [-0.2, 0) is 28.9 Å². The Morgan fingerprint density at radius 3 is 2.66 bits per heavy atom. The minimum Gasteiger partial charge on any atom is -0.591 e. The van der Waals surface area contributed by atoms with E-state index in [0.29, 0.717) is 6.54 Å². The Balaban J connectivity index is 1.91. The van der Waals surface area contributed by atoms with Crippen molar-refractivity contribution in [2.45, 2.75) is 90.4 Å². The summed E-state index contributed by atoms with van der Waals surface area (Å²) in [4.78, 5) is 19.0. The van der Waals surface area contributed by atoms with Crippen LogP contribution in [0.25, 0.3) is 0 Å². The van der Waals surface area contributed by atoms with Crippen LogP contribution in [0.15, 0.2) is 16.5 Å². The van der Waals surface area contributed by atoms with Crippen LogP contribution < -0.4 is 4.90 Å². The maximum Gasteiger partial charge on any atom is 0.416 e. The predicted molar refractivity (Wildman–Crippen MR) is 120 cm³/mol. The first-order chi connectivity index (χ1) is 13.5. The van der Waals surface area contributed by atoms with Crippen molar-refractivity contribution < 1.29 is 14.1 Å². The van der Waals surface area contributed by atoms with Crippen molar-refractivity contribution in [1.82, 2.24) is 4.98 Å². The summed E-state index contributed by atoms with van der Waals surface area (Å²) in [6.45, 7) is 12.0. The summed E-state index contributed by atoms with van der Waals surface area (Å²) in [6.07, 6.45) is 6.86. The van der Waals surface area contributed by atoms with Crippen LogP contribution in [0.4, 0.5) is 10.6 Å². The maximum atomic E-state index is 12.6. The van der Waals surface area contributed by atoms with Gasteiger partial charge in [-0.3, -0.25) is 4.90 Å². The minimum atomic E-state index is -1.19. The Hall–Kier alpha value is -1.60. The highest BCUT2D eigenvalue weighted by Crippen LogP contribution is 2.27. The first-order valence-electron chi connectivity index (χ1n) is 10.4. The molecule has 0 bridgehead atoms. The number of aromatic nitrogens is 1. The first-order valence-corrected chi connectivity index (χ1v) is 11.5. The highest BCUT2D eigenvalue weighted by molar-refractivity contribution is 7.91. The Bertz CT molecular complexity index is 723. The summed E-state index contributed by atoms with van der Waals surface area (Å²) in [5, 5.41) is 0. The standard InChI is InChI=1S/C22H35N3O3S/c1-21(2,3)28-20(26)25-16-10-11-17-13-14-18(24-19(17)25)12-8-7-9-15-23-29(27)22(4,5)6/h13-15H,7-12,16H2,1-6H3. The van der Waals surface area contributed by atoms with E-state index in [2.05, 4.69) is 16.5 Å². The van der Waals surface area contributed by atoms with Gasteiger partial charge in [0.25, 0.3) is 0 Å². The van der Waals surface area contributed by atoms with Crippen molar-refractivity contribution in [2.24, 2.45) is 4.40 Å². The molecule has 1 aliphatic rings. The van der Waals surface area contributed by atoms with E-state index in [9.17, 15) is 9.35 Å². The molecule has 0 aliphatic carbocycles. The number of hydrogen-bond acceptors (Lipinski definition) is 5. The van der Waals surface area contributed by atoms with Crippen LogP contribution in [0.2, 0.25) is 0 Å². The smallest absolute Gasteiger partial charge is 0.416 e. The molecule has 6 nitrogen and oxygen atoms in total. The lowest BCUT2D eigenvalue weighted by Gasteiger charge is -2.31. The molecule has 0 radical (unpaired) electrons. The van der Waals surface area contributed by atoms with Crippen LogP contribution in [0.3, 0.4) is 0 Å². The number of nitrogens with zero attached hydrogens (tertiary/aromatic N) is 3. The fourth-order valence-corrected chi connectivity index (χ4v) is 3.49. The van der Waals surface area contributed by atoms with Crippen LogP contribution in [0.1, 0.15) is 78.5 Å². The van der Waals surface area contributed by atoms with E-state index in [1.807, 2.05) is 41.5 Å². The number of carbonyl (C=O) groups is 1.